The molecule has 1 heterocycles. The predicted octanol–water partition coefficient (Wildman–Crippen LogP) is 6.62. The van der Waals surface area contributed by atoms with Gasteiger partial charge in [0.05, 0.1) is 19.9 Å². The SMILES string of the molecule is CC.COC1=C(OC)CCC2C(=C1)CCN(C(=O)OC(F)(F)F)C2Cc1cc(I)c(N)c(I)c1. The second-order valence-electron chi connectivity index (χ2n) is 7.56. The number of nitrogen functional groups attached to an aromatic ring is 1. The molecule has 1 aromatic rings. The predicted molar refractivity (Wildman–Crippen MR) is 141 cm³/mol. The summed E-state index contributed by atoms with van der Waals surface area (Å²) >= 11 is 4.26. The van der Waals surface area contributed by atoms with Crippen LogP contribution in [-0.4, -0.2) is 44.2 Å². The number of piperidine rings is 1. The Hall–Kier alpha value is -1.38. The number of carbonyl (C=O) groups excluding carboxylic acids is 1. The molecule has 2 atom stereocenters. The van der Waals surface area contributed by atoms with Crippen molar-refractivity contribution in [1.82, 2.24) is 4.90 Å². The van der Waals surface area contributed by atoms with Crippen LogP contribution in [0.1, 0.15) is 38.7 Å². The minimum absolute atomic E-state index is 0.115. The molecule has 3 rings (SSSR count). The van der Waals surface area contributed by atoms with E-state index in [-0.39, 0.29) is 12.5 Å². The molecule has 0 spiro atoms. The van der Waals surface area contributed by atoms with E-state index in [1.165, 1.54) is 4.90 Å². The first-order valence-corrected chi connectivity index (χ1v) is 13.0. The van der Waals surface area contributed by atoms with Gasteiger partial charge >= 0.3 is 12.5 Å². The third-order valence-electron chi connectivity index (χ3n) is 5.74. The van der Waals surface area contributed by atoms with Crippen LogP contribution in [0.3, 0.4) is 0 Å². The van der Waals surface area contributed by atoms with Gasteiger partial charge in [0.1, 0.15) is 5.76 Å². The van der Waals surface area contributed by atoms with Crippen LogP contribution in [0, 0.1) is 13.1 Å². The summed E-state index contributed by atoms with van der Waals surface area (Å²) in [5, 5.41) is 0. The molecule has 190 valence electrons. The van der Waals surface area contributed by atoms with Gasteiger partial charge in [0.25, 0.3) is 0 Å². The summed E-state index contributed by atoms with van der Waals surface area (Å²) in [6.07, 6.45) is -2.59. The number of benzene rings is 1. The van der Waals surface area contributed by atoms with Crippen LogP contribution in [0.25, 0.3) is 0 Å². The van der Waals surface area contributed by atoms with Gasteiger partial charge in [-0.1, -0.05) is 19.4 Å². The first kappa shape index (κ1) is 28.9. The molecule has 2 aliphatic rings. The molecule has 1 aliphatic carbocycles. The number of likely N-dealkylation sites (tertiary alicyclic amines) is 1. The number of methoxy groups -OCH3 is 2. The maximum absolute atomic E-state index is 12.8. The topological polar surface area (TPSA) is 74.0 Å². The van der Waals surface area contributed by atoms with E-state index in [1.54, 1.807) is 14.2 Å². The fourth-order valence-electron chi connectivity index (χ4n) is 4.29. The Morgan fingerprint density at radius 2 is 1.76 bits per heavy atom. The number of allylic oxidation sites excluding steroid dienone is 2. The highest BCUT2D eigenvalue weighted by Gasteiger charge is 2.43. The molecule has 0 radical (unpaired) electrons. The molecule has 2 N–H and O–H groups in total. The molecule has 1 aromatic carbocycles. The summed E-state index contributed by atoms with van der Waals surface area (Å²) in [4.78, 5) is 13.7. The lowest BCUT2D eigenvalue weighted by molar-refractivity contribution is -0.295. The smallest absolute Gasteiger partial charge is 0.497 e. The van der Waals surface area contributed by atoms with Crippen molar-refractivity contribution >= 4 is 57.0 Å². The lowest BCUT2D eigenvalue weighted by Gasteiger charge is -2.42. The van der Waals surface area contributed by atoms with Gasteiger partial charge in [0.2, 0.25) is 0 Å². The molecule has 11 heteroatoms. The number of halogens is 5. The highest BCUT2D eigenvalue weighted by molar-refractivity contribution is 14.1. The Morgan fingerprint density at radius 1 is 1.15 bits per heavy atom. The van der Waals surface area contributed by atoms with Crippen molar-refractivity contribution in [2.24, 2.45) is 5.92 Å². The molecule has 6 nitrogen and oxygen atoms in total. The highest BCUT2D eigenvalue weighted by atomic mass is 127. The molecular formula is C23H29F3I2N2O4. The van der Waals surface area contributed by atoms with E-state index >= 15 is 0 Å². The minimum Gasteiger partial charge on any atom is -0.497 e. The molecular weight excluding hydrogens is 679 g/mol. The third-order valence-corrected chi connectivity index (χ3v) is 7.53. The van der Waals surface area contributed by atoms with E-state index in [1.807, 2.05) is 32.1 Å². The molecule has 1 fully saturated rings. The molecule has 0 saturated carbocycles. The number of nitrogens with zero attached hydrogens (tertiary/aromatic N) is 1. The van der Waals surface area contributed by atoms with Crippen LogP contribution >= 0.6 is 45.2 Å². The fourth-order valence-corrected chi connectivity index (χ4v) is 6.19. The van der Waals surface area contributed by atoms with Crippen molar-refractivity contribution in [3.8, 4) is 0 Å². The van der Waals surface area contributed by atoms with Gasteiger partial charge in [-0.15, -0.1) is 13.2 Å². The van der Waals surface area contributed by atoms with Crippen molar-refractivity contribution in [1.29, 1.82) is 0 Å². The summed E-state index contributed by atoms with van der Waals surface area (Å²) in [6.45, 7) is 4.12. The van der Waals surface area contributed by atoms with Crippen molar-refractivity contribution in [3.63, 3.8) is 0 Å². The normalized spacial score (nSPS) is 20.4. The van der Waals surface area contributed by atoms with E-state index in [4.69, 9.17) is 15.2 Å². The van der Waals surface area contributed by atoms with Crippen LogP contribution in [0.5, 0.6) is 0 Å². The Balaban J connectivity index is 0.00000199. The summed E-state index contributed by atoms with van der Waals surface area (Å²) in [6, 6.07) is 3.29. The van der Waals surface area contributed by atoms with Crippen LogP contribution in [-0.2, 0) is 20.6 Å². The molecule has 1 aliphatic heterocycles. The maximum Gasteiger partial charge on any atom is 0.576 e. The molecule has 1 amide bonds. The minimum atomic E-state index is -5.04. The van der Waals surface area contributed by atoms with Gasteiger partial charge in [0, 0.05) is 32.1 Å². The number of amides is 1. The number of hydrogen-bond acceptors (Lipinski definition) is 5. The Bertz CT molecular complexity index is 928. The molecule has 2 unspecified atom stereocenters. The lowest BCUT2D eigenvalue weighted by Crippen LogP contribution is -2.51. The van der Waals surface area contributed by atoms with Gasteiger partial charge < -0.3 is 24.8 Å². The van der Waals surface area contributed by atoms with Crippen molar-refractivity contribution in [2.45, 2.75) is 51.9 Å². The highest BCUT2D eigenvalue weighted by Crippen LogP contribution is 2.40. The van der Waals surface area contributed by atoms with E-state index in [2.05, 4.69) is 49.9 Å². The summed E-state index contributed by atoms with van der Waals surface area (Å²) in [7, 11) is 3.11. The fraction of sp³-hybridized carbons (Fsp3) is 0.522. The summed E-state index contributed by atoms with van der Waals surface area (Å²) < 4.78 is 54.9. The number of alkyl halides is 3. The van der Waals surface area contributed by atoms with Crippen LogP contribution in [0.4, 0.5) is 23.7 Å². The number of hydrogen-bond donors (Lipinski definition) is 1. The number of fused-ring (bicyclic) bond motifs is 1. The first-order valence-electron chi connectivity index (χ1n) is 10.8. The van der Waals surface area contributed by atoms with Gasteiger partial charge in [-0.2, -0.15) is 0 Å². The van der Waals surface area contributed by atoms with Gasteiger partial charge in [-0.05, 0) is 88.2 Å². The average molecular weight is 708 g/mol. The number of nitrogens with two attached hydrogens (primary N) is 1. The van der Waals surface area contributed by atoms with Crippen molar-refractivity contribution in [2.75, 3.05) is 26.5 Å². The molecule has 0 aromatic heterocycles. The Kier molecular flexibility index (Phi) is 10.6. The number of ether oxygens (including phenoxy) is 3. The van der Waals surface area contributed by atoms with Gasteiger partial charge in [-0.25, -0.2) is 4.79 Å². The Morgan fingerprint density at radius 3 is 2.29 bits per heavy atom. The zero-order chi connectivity index (χ0) is 25.6. The van der Waals surface area contributed by atoms with Crippen LogP contribution in [0.2, 0.25) is 0 Å². The molecule has 1 saturated heterocycles. The van der Waals surface area contributed by atoms with Crippen molar-refractivity contribution < 1.29 is 32.2 Å². The van der Waals surface area contributed by atoms with Gasteiger partial charge in [-0.3, -0.25) is 0 Å². The second kappa shape index (κ2) is 12.5. The van der Waals surface area contributed by atoms with E-state index in [0.29, 0.717) is 42.9 Å². The largest absolute Gasteiger partial charge is 0.576 e. The average Bonchev–Trinajstić information content (AvgIpc) is 2.96. The number of anilines is 1. The van der Waals surface area contributed by atoms with E-state index in [0.717, 1.165) is 18.3 Å². The van der Waals surface area contributed by atoms with Crippen molar-refractivity contribution in [3.05, 3.63) is 48.0 Å². The monoisotopic (exact) mass is 708 g/mol. The first-order chi connectivity index (χ1) is 16.0. The number of rotatable bonds is 4. The number of carbonyl (C=O) groups is 1. The lowest BCUT2D eigenvalue weighted by atomic mass is 9.79. The summed E-state index contributed by atoms with van der Waals surface area (Å²) in [5.74, 6) is 1.11. The second-order valence-corrected chi connectivity index (χ2v) is 9.89. The quantitative estimate of drug-likeness (QED) is 0.282. The van der Waals surface area contributed by atoms with Gasteiger partial charge in [0.15, 0.2) is 5.76 Å². The van der Waals surface area contributed by atoms with Crippen LogP contribution in [0.15, 0.2) is 35.3 Å². The zero-order valence-corrected chi connectivity index (χ0v) is 23.8. The third kappa shape index (κ3) is 7.08. The Labute approximate surface area is 225 Å². The van der Waals surface area contributed by atoms with Crippen LogP contribution < -0.4 is 5.73 Å². The van der Waals surface area contributed by atoms with E-state index < -0.39 is 18.5 Å². The molecule has 0 bridgehead atoms. The maximum atomic E-state index is 12.8. The molecule has 34 heavy (non-hydrogen) atoms. The van der Waals surface area contributed by atoms with E-state index in [9.17, 15) is 18.0 Å². The zero-order valence-electron chi connectivity index (χ0n) is 19.5. The summed E-state index contributed by atoms with van der Waals surface area (Å²) in [5.41, 5.74) is 8.62. The standard InChI is InChI=1S/C21H23F3I2N2O4.C2H6/c1-30-17-4-3-13-12(10-18(17)31-2)5-6-28(20(29)32-21(22,23)24)16(13)9-11-7-14(25)19(27)15(26)8-11;1-2/h7-8,10,13,16H,3-6,9,27H2,1-2H3;1-2H3.